The van der Waals surface area contributed by atoms with Gasteiger partial charge in [-0.3, -0.25) is 4.79 Å². The molecule has 1 amide bonds. The smallest absolute Gasteiger partial charge is 0.251 e. The van der Waals surface area contributed by atoms with E-state index in [9.17, 15) is 9.90 Å². The molecule has 0 aliphatic rings. The standard InChI is InChI=1S/C19H14N2O2S/c1-20-18(23)12-7-6-11-10-16(22)14(9-13(11)8-12)19-21-15-4-2-3-5-17(15)24-19/h2-10,22H,1H3,(H,20,23). The minimum Gasteiger partial charge on any atom is -0.507 e. The van der Waals surface area contributed by atoms with Crippen LogP contribution in [0.2, 0.25) is 0 Å². The number of carbonyl (C=O) groups is 1. The molecular weight excluding hydrogens is 320 g/mol. The Morgan fingerprint density at radius 2 is 1.92 bits per heavy atom. The second-order valence-corrected chi connectivity index (χ2v) is 6.53. The second-order valence-electron chi connectivity index (χ2n) is 5.50. The molecule has 24 heavy (non-hydrogen) atoms. The number of hydrogen-bond acceptors (Lipinski definition) is 4. The van der Waals surface area contributed by atoms with Crippen LogP contribution < -0.4 is 5.32 Å². The predicted octanol–water partition coefficient (Wildman–Crippen LogP) is 4.18. The number of phenolic OH excluding ortho intramolecular Hbond substituents is 1. The first-order valence-electron chi connectivity index (χ1n) is 7.50. The Labute approximate surface area is 142 Å². The van der Waals surface area contributed by atoms with Crippen LogP contribution in [0.15, 0.2) is 54.6 Å². The molecule has 4 rings (SSSR count). The summed E-state index contributed by atoms with van der Waals surface area (Å²) in [5, 5.41) is 15.6. The molecule has 5 heteroatoms. The summed E-state index contributed by atoms with van der Waals surface area (Å²) in [5.41, 5.74) is 2.18. The van der Waals surface area contributed by atoms with Crippen LogP contribution in [-0.2, 0) is 0 Å². The summed E-state index contributed by atoms with van der Waals surface area (Å²) < 4.78 is 1.08. The molecule has 0 aliphatic heterocycles. The molecule has 0 aliphatic carbocycles. The highest BCUT2D eigenvalue weighted by Gasteiger charge is 2.13. The number of thiazole rings is 1. The molecule has 2 N–H and O–H groups in total. The summed E-state index contributed by atoms with van der Waals surface area (Å²) in [6, 6.07) is 16.9. The number of amides is 1. The fraction of sp³-hybridized carbons (Fsp3) is 0.0526. The zero-order valence-corrected chi connectivity index (χ0v) is 13.7. The first kappa shape index (κ1) is 14.7. The molecule has 1 heterocycles. The van der Waals surface area contributed by atoms with E-state index < -0.39 is 0 Å². The quantitative estimate of drug-likeness (QED) is 0.578. The number of fused-ring (bicyclic) bond motifs is 2. The summed E-state index contributed by atoms with van der Waals surface area (Å²) in [6.07, 6.45) is 0. The fourth-order valence-corrected chi connectivity index (χ4v) is 3.72. The topological polar surface area (TPSA) is 62.2 Å². The van der Waals surface area contributed by atoms with Gasteiger partial charge in [-0.1, -0.05) is 18.2 Å². The molecular formula is C19H14N2O2S. The number of hydrogen-bond donors (Lipinski definition) is 2. The fourth-order valence-electron chi connectivity index (χ4n) is 2.73. The van der Waals surface area contributed by atoms with Crippen LogP contribution in [0.5, 0.6) is 5.75 Å². The number of nitrogens with zero attached hydrogens (tertiary/aromatic N) is 1. The Hall–Kier alpha value is -2.92. The van der Waals surface area contributed by atoms with Gasteiger partial charge in [-0.2, -0.15) is 0 Å². The van der Waals surface area contributed by atoms with E-state index in [1.165, 1.54) is 11.3 Å². The van der Waals surface area contributed by atoms with E-state index in [0.29, 0.717) is 11.1 Å². The normalized spacial score (nSPS) is 11.0. The Bertz CT molecular complexity index is 1050. The zero-order chi connectivity index (χ0) is 16.7. The second kappa shape index (κ2) is 5.62. The SMILES string of the molecule is CNC(=O)c1ccc2cc(O)c(-c3nc4ccccc4s3)cc2c1. The van der Waals surface area contributed by atoms with Crippen LogP contribution in [0, 0.1) is 0 Å². The van der Waals surface area contributed by atoms with Crippen LogP contribution in [0.1, 0.15) is 10.4 Å². The third-order valence-corrected chi connectivity index (χ3v) is 5.04. The van der Waals surface area contributed by atoms with E-state index in [4.69, 9.17) is 0 Å². The summed E-state index contributed by atoms with van der Waals surface area (Å²) in [4.78, 5) is 16.4. The van der Waals surface area contributed by atoms with Crippen molar-refractivity contribution >= 4 is 38.2 Å². The van der Waals surface area contributed by atoms with Gasteiger partial charge in [-0.25, -0.2) is 4.98 Å². The Kier molecular flexibility index (Phi) is 3.43. The number of aromatic hydroxyl groups is 1. The summed E-state index contributed by atoms with van der Waals surface area (Å²) in [5.74, 6) is 0.0563. The summed E-state index contributed by atoms with van der Waals surface area (Å²) in [7, 11) is 1.61. The zero-order valence-electron chi connectivity index (χ0n) is 12.9. The number of nitrogens with one attached hydrogen (secondary N) is 1. The van der Waals surface area contributed by atoms with Crippen LogP contribution >= 0.6 is 11.3 Å². The number of carbonyl (C=O) groups excluding carboxylic acids is 1. The van der Waals surface area contributed by atoms with Crippen molar-refractivity contribution < 1.29 is 9.90 Å². The molecule has 0 radical (unpaired) electrons. The molecule has 0 saturated heterocycles. The first-order chi connectivity index (χ1) is 11.7. The lowest BCUT2D eigenvalue weighted by Gasteiger charge is -2.06. The van der Waals surface area contributed by atoms with Gasteiger partial charge in [0.15, 0.2) is 0 Å². The Morgan fingerprint density at radius 3 is 2.71 bits per heavy atom. The number of para-hydroxylation sites is 1. The average molecular weight is 334 g/mol. The highest BCUT2D eigenvalue weighted by Crippen LogP contribution is 2.37. The van der Waals surface area contributed by atoms with Crippen molar-refractivity contribution in [1.29, 1.82) is 0 Å². The van der Waals surface area contributed by atoms with E-state index in [1.54, 1.807) is 19.2 Å². The highest BCUT2D eigenvalue weighted by atomic mass is 32.1. The number of aromatic nitrogens is 1. The van der Waals surface area contributed by atoms with E-state index in [-0.39, 0.29) is 11.7 Å². The van der Waals surface area contributed by atoms with E-state index >= 15 is 0 Å². The van der Waals surface area contributed by atoms with Crippen LogP contribution in [-0.4, -0.2) is 23.0 Å². The summed E-state index contributed by atoms with van der Waals surface area (Å²) in [6.45, 7) is 0. The number of rotatable bonds is 2. The van der Waals surface area contributed by atoms with Crippen molar-refractivity contribution in [3.05, 3.63) is 60.2 Å². The van der Waals surface area contributed by atoms with Crippen LogP contribution in [0.25, 0.3) is 31.6 Å². The molecule has 1 aromatic heterocycles. The van der Waals surface area contributed by atoms with Crippen LogP contribution in [0.4, 0.5) is 0 Å². The lowest BCUT2D eigenvalue weighted by molar-refractivity contribution is 0.0963. The lowest BCUT2D eigenvalue weighted by atomic mass is 10.0. The van der Waals surface area contributed by atoms with E-state index in [2.05, 4.69) is 10.3 Å². The van der Waals surface area contributed by atoms with Gasteiger partial charge in [0, 0.05) is 12.6 Å². The molecule has 0 atom stereocenters. The molecule has 0 saturated carbocycles. The van der Waals surface area contributed by atoms with Crippen molar-refractivity contribution in [3.8, 4) is 16.3 Å². The molecule has 0 unspecified atom stereocenters. The van der Waals surface area contributed by atoms with Crippen molar-refractivity contribution in [2.24, 2.45) is 0 Å². The minimum atomic E-state index is -0.133. The highest BCUT2D eigenvalue weighted by molar-refractivity contribution is 7.21. The molecule has 0 bridgehead atoms. The lowest BCUT2D eigenvalue weighted by Crippen LogP contribution is -2.17. The largest absolute Gasteiger partial charge is 0.507 e. The van der Waals surface area contributed by atoms with Crippen molar-refractivity contribution in [1.82, 2.24) is 10.3 Å². The van der Waals surface area contributed by atoms with E-state index in [1.807, 2.05) is 42.5 Å². The van der Waals surface area contributed by atoms with Crippen molar-refractivity contribution in [2.75, 3.05) is 7.05 Å². The number of phenols is 1. The maximum absolute atomic E-state index is 11.8. The summed E-state index contributed by atoms with van der Waals surface area (Å²) >= 11 is 1.54. The molecule has 0 fully saturated rings. The van der Waals surface area contributed by atoms with Crippen molar-refractivity contribution in [3.63, 3.8) is 0 Å². The maximum atomic E-state index is 11.8. The van der Waals surface area contributed by atoms with Gasteiger partial charge in [-0.05, 0) is 47.2 Å². The third-order valence-electron chi connectivity index (χ3n) is 3.97. The van der Waals surface area contributed by atoms with Crippen LogP contribution in [0.3, 0.4) is 0 Å². The Morgan fingerprint density at radius 1 is 1.08 bits per heavy atom. The average Bonchev–Trinajstić information content (AvgIpc) is 3.03. The molecule has 4 aromatic rings. The molecule has 118 valence electrons. The predicted molar refractivity (Wildman–Crippen MR) is 97.6 cm³/mol. The monoisotopic (exact) mass is 334 g/mol. The van der Waals surface area contributed by atoms with Gasteiger partial charge < -0.3 is 10.4 Å². The minimum absolute atomic E-state index is 0.133. The van der Waals surface area contributed by atoms with Gasteiger partial charge in [0.2, 0.25) is 0 Å². The van der Waals surface area contributed by atoms with Gasteiger partial charge >= 0.3 is 0 Å². The Balaban J connectivity index is 1.90. The van der Waals surface area contributed by atoms with E-state index in [0.717, 1.165) is 26.0 Å². The number of benzene rings is 3. The third kappa shape index (κ3) is 2.39. The first-order valence-corrected chi connectivity index (χ1v) is 8.32. The molecule has 3 aromatic carbocycles. The molecule has 0 spiro atoms. The van der Waals surface area contributed by atoms with Gasteiger partial charge in [-0.15, -0.1) is 11.3 Å². The van der Waals surface area contributed by atoms with Crippen molar-refractivity contribution in [2.45, 2.75) is 0 Å². The van der Waals surface area contributed by atoms with Gasteiger partial charge in [0.1, 0.15) is 10.8 Å². The van der Waals surface area contributed by atoms with Gasteiger partial charge in [0.05, 0.1) is 15.8 Å². The molecule has 4 nitrogen and oxygen atoms in total. The maximum Gasteiger partial charge on any atom is 0.251 e. The van der Waals surface area contributed by atoms with Gasteiger partial charge in [0.25, 0.3) is 5.91 Å².